The van der Waals surface area contributed by atoms with E-state index in [9.17, 15) is 0 Å². The third kappa shape index (κ3) is 50.5. The van der Waals surface area contributed by atoms with Crippen molar-refractivity contribution >= 4 is 91.3 Å². The summed E-state index contributed by atoms with van der Waals surface area (Å²) < 4.78 is 0. The summed E-state index contributed by atoms with van der Waals surface area (Å²) in [4.78, 5) is 0. The van der Waals surface area contributed by atoms with Crippen LogP contribution in [0.15, 0.2) is 0 Å². The second-order valence-corrected chi connectivity index (χ2v) is 0. The van der Waals surface area contributed by atoms with Crippen LogP contribution >= 0.6 is 0 Å². The van der Waals surface area contributed by atoms with Crippen molar-refractivity contribution in [1.29, 1.82) is 0 Å². The van der Waals surface area contributed by atoms with Gasteiger partial charge in [0, 0.05) is 25.8 Å². The van der Waals surface area contributed by atoms with E-state index in [1.165, 1.54) is 0 Å². The van der Waals surface area contributed by atoms with Crippen molar-refractivity contribution in [3.63, 3.8) is 0 Å². The maximum absolute atomic E-state index is 0. The molecule has 3 radical (unpaired) electrons. The average Bonchev–Trinajstić information content (AvgIpc) is 0. The van der Waals surface area contributed by atoms with Crippen LogP contribution in [0.2, 0.25) is 0 Å². The van der Waals surface area contributed by atoms with Crippen LogP contribution in [0.1, 0.15) is 0 Å². The summed E-state index contributed by atoms with van der Waals surface area (Å²) in [5.74, 6) is 0. The zero-order chi connectivity index (χ0) is 0. The molecular weight excluding hydrogens is 411 g/mol. The van der Waals surface area contributed by atoms with Gasteiger partial charge in [0.05, 0.1) is 0 Å². The smallest absolute Gasteiger partial charge is 3.00 e. The Balaban J connectivity index is 0. The van der Waals surface area contributed by atoms with E-state index in [2.05, 4.69) is 0 Å². The van der Waals surface area contributed by atoms with Crippen molar-refractivity contribution < 1.29 is 0 Å². The van der Waals surface area contributed by atoms with E-state index in [0.29, 0.717) is 0 Å². The second kappa shape index (κ2) is 66.2. The van der Waals surface area contributed by atoms with Gasteiger partial charge in [-0.15, -0.1) is 0 Å². The van der Waals surface area contributed by atoms with Crippen molar-refractivity contribution in [2.75, 3.05) is 0 Å². The van der Waals surface area contributed by atoms with Crippen molar-refractivity contribution in [1.82, 2.24) is 0 Å². The molecule has 0 aromatic heterocycles. The van der Waals surface area contributed by atoms with Gasteiger partial charge in [-0.25, -0.2) is 0 Å². The zero-order valence-electron chi connectivity index (χ0n) is 3.65. The largest absolute Gasteiger partial charge is 3.00 e. The molecule has 0 bridgehead atoms. The molecule has 0 amide bonds. The van der Waals surface area contributed by atoms with E-state index < -0.39 is 0 Å². The molecule has 7 heavy (non-hydrogen) atoms. The molecule has 0 N–H and O–H groups in total. The fourth-order valence-corrected chi connectivity index (χ4v) is 0. The standard InChI is InChI=1S/2Ga.2In.3N/q2*+3;;+3;3*-3. The molecule has 7 heteroatoms. The topological polar surface area (TPSA) is 91.5 Å². The Kier molecular flexibility index (Phi) is 884. The first-order valence-electron chi connectivity index (χ1n) is 0. The fraction of sp³-hybridized carbons (Fsp3) is 0. The molecule has 0 saturated heterocycles. The SMILES string of the molecule is [Ga+3].[Ga+3].[In+3].[In].[N-3].[N-3].[N-3]. The maximum Gasteiger partial charge on any atom is 3.00 e. The van der Waals surface area contributed by atoms with Gasteiger partial charge in [0.25, 0.3) is 0 Å². The predicted octanol–water partition coefficient (Wildman–Crippen LogP) is -0.657. The molecule has 0 fully saturated rings. The predicted molar refractivity (Wildman–Crippen MR) is 33.1 cm³/mol. The van der Waals surface area contributed by atoms with Gasteiger partial charge in [0.2, 0.25) is 0 Å². The molecule has 27 valence electrons. The first-order chi connectivity index (χ1) is 0. The van der Waals surface area contributed by atoms with Gasteiger partial charge in [0.15, 0.2) is 0 Å². The van der Waals surface area contributed by atoms with Crippen molar-refractivity contribution in [3.05, 3.63) is 18.5 Å². The number of rotatable bonds is 0. The van der Waals surface area contributed by atoms with E-state index in [0.717, 1.165) is 0 Å². The van der Waals surface area contributed by atoms with Gasteiger partial charge in [-0.1, -0.05) is 0 Å². The summed E-state index contributed by atoms with van der Waals surface area (Å²) in [5.41, 5.74) is 0. The Bertz CT molecular complexity index is 10.9. The molecule has 0 heterocycles. The van der Waals surface area contributed by atoms with Gasteiger partial charge in [-0.05, 0) is 0 Å². The molecule has 0 atom stereocenters. The molecule has 0 rings (SSSR count). The summed E-state index contributed by atoms with van der Waals surface area (Å²) in [6, 6.07) is 0. The number of hydrogen-bond acceptors (Lipinski definition) is 0. The van der Waals surface area contributed by atoms with Gasteiger partial charge < -0.3 is 18.5 Å². The minimum Gasteiger partial charge on any atom is -3.00 e. The Morgan fingerprint density at radius 3 is 0.571 bits per heavy atom. The summed E-state index contributed by atoms with van der Waals surface area (Å²) in [5, 5.41) is 0. The number of nitrogens with zero attached hydrogens (tertiary/aromatic N) is 3. The molecule has 0 unspecified atom stereocenters. The van der Waals surface area contributed by atoms with Crippen LogP contribution < -0.4 is 0 Å². The Labute approximate surface area is 108 Å². The second-order valence-electron chi connectivity index (χ2n) is 0. The summed E-state index contributed by atoms with van der Waals surface area (Å²) in [7, 11) is 0. The molecule has 0 aliphatic rings. The average molecular weight is 411 g/mol. The van der Waals surface area contributed by atoms with E-state index in [1.807, 2.05) is 0 Å². The van der Waals surface area contributed by atoms with Gasteiger partial charge in [-0.2, -0.15) is 0 Å². The monoisotopic (exact) mass is 410 g/mol. The van der Waals surface area contributed by atoms with Crippen LogP contribution in [0.3, 0.4) is 0 Å². The third-order valence-electron chi connectivity index (χ3n) is 0. The van der Waals surface area contributed by atoms with Crippen LogP contribution in [-0.2, 0) is 0 Å². The van der Waals surface area contributed by atoms with Crippen LogP contribution in [0.4, 0.5) is 0 Å². The number of hydrogen-bond donors (Lipinski definition) is 0. The summed E-state index contributed by atoms with van der Waals surface area (Å²) in [6.45, 7) is 0. The van der Waals surface area contributed by atoms with Gasteiger partial charge in [-0.3, -0.25) is 0 Å². The first kappa shape index (κ1) is 93.5. The summed E-state index contributed by atoms with van der Waals surface area (Å²) >= 11 is 0. The Hall–Kier alpha value is 2.89. The molecule has 0 saturated carbocycles. The molecule has 0 spiro atoms. The molecule has 0 aromatic rings. The zero-order valence-corrected chi connectivity index (χ0v) is 15.1. The van der Waals surface area contributed by atoms with Crippen LogP contribution in [0.5, 0.6) is 0 Å². The van der Waals surface area contributed by atoms with Crippen molar-refractivity contribution in [2.24, 2.45) is 0 Å². The molecule has 3 nitrogen and oxygen atoms in total. The van der Waals surface area contributed by atoms with Crippen molar-refractivity contribution in [2.45, 2.75) is 0 Å². The summed E-state index contributed by atoms with van der Waals surface area (Å²) in [6.07, 6.45) is 0. The molecular formula is Ga2In2N3. The Morgan fingerprint density at radius 1 is 0.571 bits per heavy atom. The molecule has 0 aliphatic heterocycles. The third-order valence-corrected chi connectivity index (χ3v) is 0. The van der Waals surface area contributed by atoms with Crippen LogP contribution in [0.25, 0.3) is 18.5 Å². The molecule has 0 aliphatic carbocycles. The minimum absolute atomic E-state index is 0. The fourth-order valence-electron chi connectivity index (χ4n) is 0. The quantitative estimate of drug-likeness (QED) is 0.474. The van der Waals surface area contributed by atoms with E-state index in [4.69, 9.17) is 0 Å². The van der Waals surface area contributed by atoms with Gasteiger partial charge >= 0.3 is 65.4 Å². The molecule has 0 aromatic carbocycles. The van der Waals surface area contributed by atoms with E-state index in [1.54, 1.807) is 0 Å². The maximum atomic E-state index is 0. The minimum atomic E-state index is 0. The van der Waals surface area contributed by atoms with Crippen molar-refractivity contribution in [3.8, 4) is 0 Å². The first-order valence-corrected chi connectivity index (χ1v) is 0. The van der Waals surface area contributed by atoms with E-state index >= 15 is 0 Å². The Morgan fingerprint density at radius 2 is 0.571 bits per heavy atom. The van der Waals surface area contributed by atoms with Gasteiger partial charge in [0.1, 0.15) is 0 Å². The van der Waals surface area contributed by atoms with Crippen LogP contribution in [-0.4, -0.2) is 91.3 Å². The van der Waals surface area contributed by atoms with E-state index in [-0.39, 0.29) is 110 Å². The normalized spacial score (nSPS) is 0. The van der Waals surface area contributed by atoms with Crippen LogP contribution in [0, 0.1) is 0 Å².